The van der Waals surface area contributed by atoms with Gasteiger partial charge in [-0.05, 0) is 12.1 Å². The van der Waals surface area contributed by atoms with Crippen LogP contribution < -0.4 is 9.47 Å². The Morgan fingerprint density at radius 1 is 1.24 bits per heavy atom. The van der Waals surface area contributed by atoms with E-state index < -0.39 is 0 Å². The number of halogens is 1. The van der Waals surface area contributed by atoms with Crippen LogP contribution >= 0.6 is 11.6 Å². The molecule has 90 valence electrons. The number of hydrogen-bond donors (Lipinski definition) is 1. The lowest BCUT2D eigenvalue weighted by Gasteiger charge is -2.06. The van der Waals surface area contributed by atoms with Gasteiger partial charge in [0.05, 0.1) is 25.8 Å². The van der Waals surface area contributed by atoms with Crippen molar-refractivity contribution in [3.8, 4) is 11.5 Å². The molecular weight excluding hydrogens is 242 g/mol. The minimum Gasteiger partial charge on any atom is -0.493 e. The molecule has 0 bridgehead atoms. The molecule has 1 heterocycles. The maximum Gasteiger partial charge on any atom is 0.193 e. The van der Waals surface area contributed by atoms with Crippen LogP contribution in [0.4, 0.5) is 0 Å². The third-order valence-corrected chi connectivity index (χ3v) is 2.79. The summed E-state index contributed by atoms with van der Waals surface area (Å²) in [6, 6.07) is 5.36. The lowest BCUT2D eigenvalue weighted by molar-refractivity contribution is 0.101. The van der Waals surface area contributed by atoms with E-state index in [2.05, 4.69) is 4.98 Å². The van der Waals surface area contributed by atoms with Gasteiger partial charge in [0.1, 0.15) is 0 Å². The fourth-order valence-corrected chi connectivity index (χ4v) is 1.83. The Kier molecular flexibility index (Phi) is 3.24. The van der Waals surface area contributed by atoms with Crippen LogP contribution in [-0.4, -0.2) is 30.9 Å². The van der Waals surface area contributed by atoms with Gasteiger partial charge in [0.2, 0.25) is 0 Å². The van der Waals surface area contributed by atoms with Crippen molar-refractivity contribution >= 4 is 28.3 Å². The minimum atomic E-state index is -0.138. The first kappa shape index (κ1) is 11.8. The van der Waals surface area contributed by atoms with Crippen molar-refractivity contribution in [3.63, 3.8) is 0 Å². The normalized spacial score (nSPS) is 10.5. The third-order valence-electron chi connectivity index (χ3n) is 2.55. The highest BCUT2D eigenvalue weighted by Crippen LogP contribution is 2.32. The highest BCUT2D eigenvalue weighted by Gasteiger charge is 2.11. The number of carbonyl (C=O) groups excluding carboxylic acids is 1. The maximum atomic E-state index is 11.5. The zero-order valence-electron chi connectivity index (χ0n) is 9.54. The number of aromatic amines is 1. The van der Waals surface area contributed by atoms with E-state index in [-0.39, 0.29) is 11.7 Å². The molecule has 0 radical (unpaired) electrons. The number of rotatable bonds is 4. The van der Waals surface area contributed by atoms with Gasteiger partial charge >= 0.3 is 0 Å². The average molecular weight is 254 g/mol. The first-order valence-corrected chi connectivity index (χ1v) is 5.57. The van der Waals surface area contributed by atoms with Crippen LogP contribution in [0.3, 0.4) is 0 Å². The Labute approximate surface area is 103 Å². The molecule has 0 aliphatic rings. The van der Waals surface area contributed by atoms with Gasteiger partial charge in [-0.2, -0.15) is 0 Å². The Bertz CT molecular complexity index is 521. The zero-order chi connectivity index (χ0) is 12.4. The molecule has 17 heavy (non-hydrogen) atoms. The number of carbonyl (C=O) groups is 1. The Hall–Kier alpha value is -1.68. The number of methoxy groups -OCH3 is 2. The van der Waals surface area contributed by atoms with E-state index in [1.165, 1.54) is 0 Å². The minimum absolute atomic E-state index is 0.0406. The van der Waals surface area contributed by atoms with Crippen LogP contribution in [0.1, 0.15) is 10.5 Å². The molecule has 0 spiro atoms. The number of fused-ring (bicyclic) bond motifs is 1. The predicted molar refractivity (Wildman–Crippen MR) is 66.5 cm³/mol. The van der Waals surface area contributed by atoms with Crippen molar-refractivity contribution in [3.05, 3.63) is 23.9 Å². The van der Waals surface area contributed by atoms with E-state index >= 15 is 0 Å². The number of ether oxygens (including phenoxy) is 2. The largest absolute Gasteiger partial charge is 0.493 e. The molecule has 0 fully saturated rings. The molecule has 0 saturated carbocycles. The summed E-state index contributed by atoms with van der Waals surface area (Å²) < 4.78 is 10.4. The molecule has 0 aliphatic carbocycles. The Balaban J connectivity index is 2.57. The molecule has 0 saturated heterocycles. The van der Waals surface area contributed by atoms with Crippen molar-refractivity contribution < 1.29 is 14.3 Å². The van der Waals surface area contributed by atoms with Gasteiger partial charge in [0.25, 0.3) is 0 Å². The predicted octanol–water partition coefficient (Wildman–Crippen LogP) is 2.61. The second-order valence-corrected chi connectivity index (χ2v) is 3.80. The molecule has 1 N–H and O–H groups in total. The quantitative estimate of drug-likeness (QED) is 0.673. The molecule has 0 unspecified atom stereocenters. The summed E-state index contributed by atoms with van der Waals surface area (Å²) in [5, 5.41) is 0.885. The van der Waals surface area contributed by atoms with Gasteiger partial charge < -0.3 is 14.5 Å². The zero-order valence-corrected chi connectivity index (χ0v) is 10.3. The number of Topliss-reactive ketones (excluding diaryl/α,β-unsaturated/α-hetero) is 1. The van der Waals surface area contributed by atoms with Crippen molar-refractivity contribution in [2.45, 2.75) is 0 Å². The average Bonchev–Trinajstić information content (AvgIpc) is 2.78. The number of aromatic nitrogens is 1. The number of alkyl halides is 1. The number of H-pyrrole nitrogens is 1. The first-order valence-electron chi connectivity index (χ1n) is 5.03. The summed E-state index contributed by atoms with van der Waals surface area (Å²) in [5.41, 5.74) is 1.31. The number of benzene rings is 1. The monoisotopic (exact) mass is 253 g/mol. The molecule has 2 aromatic rings. The molecule has 2 rings (SSSR count). The van der Waals surface area contributed by atoms with E-state index in [9.17, 15) is 4.79 Å². The second-order valence-electron chi connectivity index (χ2n) is 3.53. The number of ketones is 1. The lowest BCUT2D eigenvalue weighted by Crippen LogP contribution is -1.99. The van der Waals surface area contributed by atoms with Crippen LogP contribution in [0, 0.1) is 0 Å². The van der Waals surface area contributed by atoms with E-state index in [0.717, 1.165) is 10.9 Å². The standard InChI is InChI=1S/C12H12ClNO3/c1-16-11-4-7-3-9(10(15)6-13)14-8(7)5-12(11)17-2/h3-5,14H,6H2,1-2H3. The summed E-state index contributed by atoms with van der Waals surface area (Å²) >= 11 is 5.51. The number of hydrogen-bond acceptors (Lipinski definition) is 3. The lowest BCUT2D eigenvalue weighted by atomic mass is 10.2. The van der Waals surface area contributed by atoms with E-state index in [4.69, 9.17) is 21.1 Å². The highest BCUT2D eigenvalue weighted by molar-refractivity contribution is 6.30. The van der Waals surface area contributed by atoms with Crippen LogP contribution in [0.15, 0.2) is 18.2 Å². The summed E-state index contributed by atoms with van der Waals surface area (Å²) in [7, 11) is 3.14. The van der Waals surface area contributed by atoms with Gasteiger partial charge in [-0.25, -0.2) is 0 Å². The van der Waals surface area contributed by atoms with Crippen LogP contribution in [0.25, 0.3) is 10.9 Å². The summed E-state index contributed by atoms with van der Waals surface area (Å²) in [4.78, 5) is 14.5. The Morgan fingerprint density at radius 3 is 2.47 bits per heavy atom. The summed E-state index contributed by atoms with van der Waals surface area (Å²) in [6.45, 7) is 0. The maximum absolute atomic E-state index is 11.5. The van der Waals surface area contributed by atoms with E-state index in [1.807, 2.05) is 6.07 Å². The smallest absolute Gasteiger partial charge is 0.193 e. The fraction of sp³-hybridized carbons (Fsp3) is 0.250. The van der Waals surface area contributed by atoms with E-state index in [1.54, 1.807) is 26.4 Å². The van der Waals surface area contributed by atoms with Crippen molar-refractivity contribution in [1.82, 2.24) is 4.98 Å². The van der Waals surface area contributed by atoms with Gasteiger partial charge in [0, 0.05) is 17.0 Å². The van der Waals surface area contributed by atoms with Gasteiger partial charge in [-0.15, -0.1) is 11.6 Å². The SMILES string of the molecule is COc1cc2cc(C(=O)CCl)[nH]c2cc1OC. The molecule has 1 aromatic carbocycles. The van der Waals surface area contributed by atoms with Crippen molar-refractivity contribution in [1.29, 1.82) is 0 Å². The summed E-state index contributed by atoms with van der Waals surface area (Å²) in [6.07, 6.45) is 0. The van der Waals surface area contributed by atoms with Gasteiger partial charge in [0.15, 0.2) is 17.3 Å². The van der Waals surface area contributed by atoms with Crippen LogP contribution in [0.2, 0.25) is 0 Å². The molecule has 0 atom stereocenters. The van der Waals surface area contributed by atoms with Crippen molar-refractivity contribution in [2.75, 3.05) is 20.1 Å². The van der Waals surface area contributed by atoms with E-state index in [0.29, 0.717) is 17.2 Å². The first-order chi connectivity index (χ1) is 8.19. The number of nitrogens with one attached hydrogen (secondary N) is 1. The molecule has 1 aromatic heterocycles. The molecule has 0 aliphatic heterocycles. The second kappa shape index (κ2) is 4.67. The third kappa shape index (κ3) is 2.08. The fourth-order valence-electron chi connectivity index (χ4n) is 1.68. The van der Waals surface area contributed by atoms with Crippen molar-refractivity contribution in [2.24, 2.45) is 0 Å². The molecule has 5 heteroatoms. The molecular formula is C12H12ClNO3. The topological polar surface area (TPSA) is 51.3 Å². The molecule has 0 amide bonds. The van der Waals surface area contributed by atoms with Crippen LogP contribution in [0.5, 0.6) is 11.5 Å². The Morgan fingerprint density at radius 2 is 1.88 bits per heavy atom. The van der Waals surface area contributed by atoms with Gasteiger partial charge in [-0.3, -0.25) is 4.79 Å². The summed E-state index contributed by atoms with van der Waals surface area (Å²) in [5.74, 6) is 1.07. The molecule has 4 nitrogen and oxygen atoms in total. The van der Waals surface area contributed by atoms with Crippen LogP contribution in [-0.2, 0) is 0 Å². The highest BCUT2D eigenvalue weighted by atomic mass is 35.5. The van der Waals surface area contributed by atoms with Gasteiger partial charge in [-0.1, -0.05) is 0 Å².